The van der Waals surface area contributed by atoms with Crippen LogP contribution in [0.2, 0.25) is 0 Å². The fourth-order valence-electron chi connectivity index (χ4n) is 1.17. The summed E-state index contributed by atoms with van der Waals surface area (Å²) in [6.45, 7) is 1.96. The molecular formula is C13H11F3O2. The van der Waals surface area contributed by atoms with Gasteiger partial charge in [-0.3, -0.25) is 4.79 Å². The lowest BCUT2D eigenvalue weighted by Crippen LogP contribution is -2.04. The van der Waals surface area contributed by atoms with Crippen molar-refractivity contribution >= 4 is 5.97 Å². The Labute approximate surface area is 103 Å². The summed E-state index contributed by atoms with van der Waals surface area (Å²) in [4.78, 5) is 10.9. The molecule has 0 bridgehead atoms. The lowest BCUT2D eigenvalue weighted by Gasteiger charge is -2.05. The van der Waals surface area contributed by atoms with Crippen LogP contribution in [0, 0.1) is 11.8 Å². The maximum absolute atomic E-state index is 12.3. The van der Waals surface area contributed by atoms with Crippen molar-refractivity contribution in [3.63, 3.8) is 0 Å². The van der Waals surface area contributed by atoms with E-state index in [-0.39, 0.29) is 13.0 Å². The van der Waals surface area contributed by atoms with Crippen LogP contribution in [-0.2, 0) is 15.7 Å². The first-order chi connectivity index (χ1) is 8.43. The van der Waals surface area contributed by atoms with Crippen LogP contribution in [0.15, 0.2) is 24.3 Å². The second-order valence-electron chi connectivity index (χ2n) is 3.36. The molecule has 96 valence electrons. The van der Waals surface area contributed by atoms with Gasteiger partial charge in [0, 0.05) is 5.56 Å². The van der Waals surface area contributed by atoms with E-state index in [2.05, 4.69) is 16.6 Å². The molecule has 0 aliphatic rings. The van der Waals surface area contributed by atoms with Gasteiger partial charge in [-0.15, -0.1) is 0 Å². The maximum Gasteiger partial charge on any atom is 0.416 e. The Morgan fingerprint density at radius 3 is 2.39 bits per heavy atom. The van der Waals surface area contributed by atoms with Crippen molar-refractivity contribution in [2.45, 2.75) is 19.5 Å². The van der Waals surface area contributed by atoms with Gasteiger partial charge < -0.3 is 4.74 Å². The van der Waals surface area contributed by atoms with E-state index in [4.69, 9.17) is 0 Å². The third kappa shape index (κ3) is 4.50. The Morgan fingerprint density at radius 1 is 1.28 bits per heavy atom. The molecule has 5 heteroatoms. The smallest absolute Gasteiger partial charge is 0.416 e. The van der Waals surface area contributed by atoms with Crippen LogP contribution >= 0.6 is 0 Å². The highest BCUT2D eigenvalue weighted by Crippen LogP contribution is 2.28. The first-order valence-electron chi connectivity index (χ1n) is 5.25. The molecule has 0 fully saturated rings. The largest absolute Gasteiger partial charge is 0.465 e. The van der Waals surface area contributed by atoms with Gasteiger partial charge in [-0.25, -0.2) is 0 Å². The lowest BCUT2D eigenvalue weighted by atomic mass is 10.1. The van der Waals surface area contributed by atoms with Crippen molar-refractivity contribution in [3.8, 4) is 11.8 Å². The quantitative estimate of drug-likeness (QED) is 0.600. The zero-order chi connectivity index (χ0) is 13.6. The van der Waals surface area contributed by atoms with Gasteiger partial charge in [0.05, 0.1) is 12.2 Å². The van der Waals surface area contributed by atoms with Gasteiger partial charge in [-0.1, -0.05) is 11.8 Å². The molecule has 0 saturated carbocycles. The summed E-state index contributed by atoms with van der Waals surface area (Å²) < 4.78 is 41.4. The SMILES string of the molecule is CCOC(=O)CC#Cc1ccc(C(F)(F)F)cc1. The number of carbonyl (C=O) groups excluding carboxylic acids is 1. The summed E-state index contributed by atoms with van der Waals surface area (Å²) in [7, 11) is 0. The number of hydrogen-bond donors (Lipinski definition) is 0. The highest BCUT2D eigenvalue weighted by molar-refractivity contribution is 5.72. The normalized spacial score (nSPS) is 10.4. The minimum atomic E-state index is -4.35. The average Bonchev–Trinajstić information content (AvgIpc) is 2.29. The van der Waals surface area contributed by atoms with Crippen LogP contribution in [0.5, 0.6) is 0 Å². The number of hydrogen-bond acceptors (Lipinski definition) is 2. The lowest BCUT2D eigenvalue weighted by molar-refractivity contribution is -0.142. The molecular weight excluding hydrogens is 245 g/mol. The van der Waals surface area contributed by atoms with Gasteiger partial charge in [-0.05, 0) is 31.2 Å². The summed E-state index contributed by atoms with van der Waals surface area (Å²) in [6.07, 6.45) is -4.42. The Balaban J connectivity index is 2.65. The molecule has 1 rings (SSSR count). The molecule has 0 unspecified atom stereocenters. The summed E-state index contributed by atoms with van der Waals surface area (Å²) in [5.74, 6) is 4.69. The van der Waals surface area contributed by atoms with Crippen molar-refractivity contribution in [1.82, 2.24) is 0 Å². The van der Waals surface area contributed by atoms with E-state index >= 15 is 0 Å². The molecule has 1 aromatic carbocycles. The van der Waals surface area contributed by atoms with Gasteiger partial charge in [0.1, 0.15) is 6.42 Å². The summed E-state index contributed by atoms with van der Waals surface area (Å²) in [5, 5.41) is 0. The predicted molar refractivity (Wildman–Crippen MR) is 59.6 cm³/mol. The van der Waals surface area contributed by atoms with Gasteiger partial charge in [0.15, 0.2) is 0 Å². The van der Waals surface area contributed by atoms with Crippen LogP contribution in [-0.4, -0.2) is 12.6 Å². The number of esters is 1. The van der Waals surface area contributed by atoms with Crippen LogP contribution in [0.1, 0.15) is 24.5 Å². The summed E-state index contributed by atoms with van der Waals surface area (Å²) in [5.41, 5.74) is -0.300. The maximum atomic E-state index is 12.3. The van der Waals surface area contributed by atoms with Gasteiger partial charge in [-0.2, -0.15) is 13.2 Å². The molecule has 0 amide bonds. The first kappa shape index (κ1) is 14.1. The molecule has 0 atom stereocenters. The highest BCUT2D eigenvalue weighted by atomic mass is 19.4. The fraction of sp³-hybridized carbons (Fsp3) is 0.308. The van der Waals surface area contributed by atoms with E-state index in [9.17, 15) is 18.0 Å². The second-order valence-corrected chi connectivity index (χ2v) is 3.36. The predicted octanol–water partition coefficient (Wildman–Crippen LogP) is 3.01. The van der Waals surface area contributed by atoms with Crippen molar-refractivity contribution in [2.24, 2.45) is 0 Å². The molecule has 0 radical (unpaired) electrons. The number of rotatable bonds is 2. The number of halogens is 3. The van der Waals surface area contributed by atoms with E-state index in [1.165, 1.54) is 12.1 Å². The van der Waals surface area contributed by atoms with Gasteiger partial charge in [0.2, 0.25) is 0 Å². The van der Waals surface area contributed by atoms with Crippen LogP contribution in [0.4, 0.5) is 13.2 Å². The third-order valence-corrected chi connectivity index (χ3v) is 1.98. The molecule has 2 nitrogen and oxygen atoms in total. The Hall–Kier alpha value is -1.96. The van der Waals surface area contributed by atoms with Crippen molar-refractivity contribution in [1.29, 1.82) is 0 Å². The molecule has 0 aromatic heterocycles. The highest BCUT2D eigenvalue weighted by Gasteiger charge is 2.29. The molecule has 1 aromatic rings. The van der Waals surface area contributed by atoms with Gasteiger partial charge >= 0.3 is 12.1 Å². The molecule has 0 saturated heterocycles. The van der Waals surface area contributed by atoms with E-state index < -0.39 is 17.7 Å². The second kappa shape index (κ2) is 6.10. The third-order valence-electron chi connectivity index (χ3n) is 1.98. The monoisotopic (exact) mass is 256 g/mol. The average molecular weight is 256 g/mol. The first-order valence-corrected chi connectivity index (χ1v) is 5.25. The minimum absolute atomic E-state index is 0.0745. The molecule has 0 aliphatic heterocycles. The van der Waals surface area contributed by atoms with Gasteiger partial charge in [0.25, 0.3) is 0 Å². The van der Waals surface area contributed by atoms with Crippen molar-refractivity contribution < 1.29 is 22.7 Å². The zero-order valence-corrected chi connectivity index (χ0v) is 9.67. The molecule has 0 N–H and O–H groups in total. The van der Waals surface area contributed by atoms with E-state index in [0.717, 1.165) is 12.1 Å². The van der Waals surface area contributed by atoms with Crippen molar-refractivity contribution in [2.75, 3.05) is 6.61 Å². The number of carbonyl (C=O) groups is 1. The molecule has 0 spiro atoms. The van der Waals surface area contributed by atoms with Crippen LogP contribution in [0.3, 0.4) is 0 Å². The topological polar surface area (TPSA) is 26.3 Å². The summed E-state index contributed by atoms with van der Waals surface area (Å²) in [6, 6.07) is 4.44. The molecule has 0 aliphatic carbocycles. The number of alkyl halides is 3. The van der Waals surface area contributed by atoms with E-state index in [1.54, 1.807) is 6.92 Å². The zero-order valence-electron chi connectivity index (χ0n) is 9.67. The van der Waals surface area contributed by atoms with E-state index in [1.807, 2.05) is 0 Å². The Morgan fingerprint density at radius 2 is 1.89 bits per heavy atom. The van der Waals surface area contributed by atoms with Crippen molar-refractivity contribution in [3.05, 3.63) is 35.4 Å². The Kier molecular flexibility index (Phi) is 4.78. The fourth-order valence-corrected chi connectivity index (χ4v) is 1.17. The van der Waals surface area contributed by atoms with Crippen LogP contribution < -0.4 is 0 Å². The summed E-state index contributed by atoms with van der Waals surface area (Å²) >= 11 is 0. The van der Waals surface area contributed by atoms with Crippen LogP contribution in [0.25, 0.3) is 0 Å². The minimum Gasteiger partial charge on any atom is -0.465 e. The molecule has 0 heterocycles. The molecule has 18 heavy (non-hydrogen) atoms. The standard InChI is InChI=1S/C13H11F3O2/c1-2-18-12(17)5-3-4-10-6-8-11(9-7-10)13(14,15)16/h6-9H,2,5H2,1H3. The Bertz CT molecular complexity index is 464. The number of benzene rings is 1. The number of ether oxygens (including phenoxy) is 1. The van der Waals surface area contributed by atoms with E-state index in [0.29, 0.717) is 5.56 Å².